The highest BCUT2D eigenvalue weighted by Crippen LogP contribution is 2.31. The highest BCUT2D eigenvalue weighted by molar-refractivity contribution is 6.33. The minimum Gasteiger partial charge on any atom is -0.497 e. The maximum absolute atomic E-state index is 6.20. The number of hydrogen-bond acceptors (Lipinski definition) is 5. The SMILES string of the molecule is COc1ccc(Cl)c(Nc2nc(C(C)C)nc(N)c2C)c1. The Bertz CT molecular complexity index is 658. The zero-order chi connectivity index (χ0) is 15.6. The molecule has 0 radical (unpaired) electrons. The lowest BCUT2D eigenvalue weighted by atomic mass is 10.2. The largest absolute Gasteiger partial charge is 0.497 e. The molecule has 0 saturated heterocycles. The van der Waals surface area contributed by atoms with E-state index >= 15 is 0 Å². The number of halogens is 1. The molecule has 0 atom stereocenters. The molecule has 0 aliphatic carbocycles. The average Bonchev–Trinajstić information content (AvgIpc) is 2.45. The lowest BCUT2D eigenvalue weighted by Gasteiger charge is -2.15. The van der Waals surface area contributed by atoms with E-state index in [1.54, 1.807) is 19.2 Å². The van der Waals surface area contributed by atoms with Gasteiger partial charge in [0.25, 0.3) is 0 Å². The first-order chi connectivity index (χ1) is 9.92. The summed E-state index contributed by atoms with van der Waals surface area (Å²) >= 11 is 6.20. The number of methoxy groups -OCH3 is 1. The van der Waals surface area contributed by atoms with Crippen LogP contribution in [0.1, 0.15) is 31.2 Å². The number of nitrogen functional groups attached to an aromatic ring is 1. The molecule has 0 fully saturated rings. The van der Waals surface area contributed by atoms with Crippen LogP contribution in [0.2, 0.25) is 5.02 Å². The molecule has 1 aromatic heterocycles. The molecule has 0 spiro atoms. The van der Waals surface area contributed by atoms with Crippen molar-refractivity contribution in [2.24, 2.45) is 0 Å². The van der Waals surface area contributed by atoms with Crippen molar-refractivity contribution in [2.75, 3.05) is 18.2 Å². The smallest absolute Gasteiger partial charge is 0.139 e. The van der Waals surface area contributed by atoms with E-state index in [0.717, 1.165) is 5.56 Å². The molecule has 21 heavy (non-hydrogen) atoms. The van der Waals surface area contributed by atoms with Gasteiger partial charge in [-0.25, -0.2) is 9.97 Å². The molecule has 0 unspecified atom stereocenters. The summed E-state index contributed by atoms with van der Waals surface area (Å²) in [6.07, 6.45) is 0. The van der Waals surface area contributed by atoms with Gasteiger partial charge in [-0.1, -0.05) is 25.4 Å². The molecule has 2 rings (SSSR count). The van der Waals surface area contributed by atoms with Crippen molar-refractivity contribution >= 4 is 28.9 Å². The molecule has 1 heterocycles. The number of anilines is 3. The second kappa shape index (κ2) is 6.18. The molecule has 2 aromatic rings. The van der Waals surface area contributed by atoms with Gasteiger partial charge in [-0.05, 0) is 19.1 Å². The summed E-state index contributed by atoms with van der Waals surface area (Å²) in [7, 11) is 1.61. The molecule has 0 amide bonds. The Labute approximate surface area is 129 Å². The van der Waals surface area contributed by atoms with Gasteiger partial charge in [0.1, 0.15) is 23.2 Å². The molecule has 0 aliphatic heterocycles. The second-order valence-corrected chi connectivity index (χ2v) is 5.47. The predicted octanol–water partition coefficient (Wildman–Crippen LogP) is 3.90. The van der Waals surface area contributed by atoms with Crippen molar-refractivity contribution in [2.45, 2.75) is 26.7 Å². The molecule has 6 heteroatoms. The fourth-order valence-electron chi connectivity index (χ4n) is 1.79. The van der Waals surface area contributed by atoms with E-state index in [1.165, 1.54) is 0 Å². The van der Waals surface area contributed by atoms with Crippen molar-refractivity contribution in [3.63, 3.8) is 0 Å². The third kappa shape index (κ3) is 3.36. The van der Waals surface area contributed by atoms with Gasteiger partial charge in [0, 0.05) is 17.5 Å². The fourth-order valence-corrected chi connectivity index (χ4v) is 1.95. The number of hydrogen-bond donors (Lipinski definition) is 2. The number of nitrogens with one attached hydrogen (secondary N) is 1. The zero-order valence-corrected chi connectivity index (χ0v) is 13.3. The van der Waals surface area contributed by atoms with Gasteiger partial charge in [0.2, 0.25) is 0 Å². The molecule has 0 aliphatic rings. The zero-order valence-electron chi connectivity index (χ0n) is 12.6. The van der Waals surface area contributed by atoms with Crippen LogP contribution in [0, 0.1) is 6.92 Å². The summed E-state index contributed by atoms with van der Waals surface area (Å²) in [6, 6.07) is 5.38. The van der Waals surface area contributed by atoms with Crippen LogP contribution in [0.15, 0.2) is 18.2 Å². The van der Waals surface area contributed by atoms with Crippen LogP contribution < -0.4 is 15.8 Å². The molecule has 5 nitrogen and oxygen atoms in total. The van der Waals surface area contributed by atoms with Crippen LogP contribution in [-0.4, -0.2) is 17.1 Å². The van der Waals surface area contributed by atoms with Gasteiger partial charge in [-0.3, -0.25) is 0 Å². The third-order valence-corrected chi connectivity index (χ3v) is 3.47. The van der Waals surface area contributed by atoms with Gasteiger partial charge in [0.15, 0.2) is 0 Å². The standard InChI is InChI=1S/C15H19ClN4O/c1-8(2)14-19-13(17)9(3)15(20-14)18-12-7-10(21-4)5-6-11(12)16/h5-8H,1-4H3,(H3,17,18,19,20). The maximum Gasteiger partial charge on any atom is 0.139 e. The Morgan fingerprint density at radius 3 is 2.62 bits per heavy atom. The molecule has 1 aromatic carbocycles. The van der Waals surface area contributed by atoms with Crippen LogP contribution >= 0.6 is 11.6 Å². The minimum absolute atomic E-state index is 0.189. The highest BCUT2D eigenvalue weighted by atomic mass is 35.5. The first-order valence-electron chi connectivity index (χ1n) is 6.67. The number of ether oxygens (including phenoxy) is 1. The summed E-state index contributed by atoms with van der Waals surface area (Å²) in [6.45, 7) is 5.91. The minimum atomic E-state index is 0.189. The Morgan fingerprint density at radius 2 is 2.00 bits per heavy atom. The van der Waals surface area contributed by atoms with Crippen LogP contribution in [0.25, 0.3) is 0 Å². The summed E-state index contributed by atoms with van der Waals surface area (Å²) in [4.78, 5) is 8.82. The first-order valence-corrected chi connectivity index (χ1v) is 7.04. The highest BCUT2D eigenvalue weighted by Gasteiger charge is 2.13. The van der Waals surface area contributed by atoms with Gasteiger partial charge < -0.3 is 15.8 Å². The summed E-state index contributed by atoms with van der Waals surface area (Å²) in [5.74, 6) is 2.72. The fraction of sp³-hybridized carbons (Fsp3) is 0.333. The lowest BCUT2D eigenvalue weighted by molar-refractivity contribution is 0.415. The van der Waals surface area contributed by atoms with E-state index in [1.807, 2.05) is 26.8 Å². The van der Waals surface area contributed by atoms with Gasteiger partial charge >= 0.3 is 0 Å². The molecule has 0 saturated carbocycles. The van der Waals surface area contributed by atoms with Gasteiger partial charge in [-0.15, -0.1) is 0 Å². The summed E-state index contributed by atoms with van der Waals surface area (Å²) in [5, 5.41) is 3.79. The van der Waals surface area contributed by atoms with Crippen LogP contribution in [0.5, 0.6) is 5.75 Å². The molecular formula is C15H19ClN4O. The summed E-state index contributed by atoms with van der Waals surface area (Å²) in [5.41, 5.74) is 7.46. The van der Waals surface area contributed by atoms with Crippen LogP contribution in [-0.2, 0) is 0 Å². The number of nitrogens with zero attached hydrogens (tertiary/aromatic N) is 2. The maximum atomic E-state index is 6.20. The van der Waals surface area contributed by atoms with Crippen molar-refractivity contribution < 1.29 is 4.74 Å². The Kier molecular flexibility index (Phi) is 4.53. The average molecular weight is 307 g/mol. The van der Waals surface area contributed by atoms with Crippen LogP contribution in [0.3, 0.4) is 0 Å². The normalized spacial score (nSPS) is 10.8. The Morgan fingerprint density at radius 1 is 1.29 bits per heavy atom. The van der Waals surface area contributed by atoms with Crippen molar-refractivity contribution in [1.82, 2.24) is 9.97 Å². The first kappa shape index (κ1) is 15.4. The molecule has 0 bridgehead atoms. The number of aromatic nitrogens is 2. The third-order valence-electron chi connectivity index (χ3n) is 3.14. The monoisotopic (exact) mass is 306 g/mol. The van der Waals surface area contributed by atoms with E-state index in [4.69, 9.17) is 22.1 Å². The van der Waals surface area contributed by atoms with Crippen molar-refractivity contribution in [3.05, 3.63) is 34.6 Å². The quantitative estimate of drug-likeness (QED) is 0.896. The van der Waals surface area contributed by atoms with E-state index in [-0.39, 0.29) is 5.92 Å². The number of benzene rings is 1. The van der Waals surface area contributed by atoms with Gasteiger partial charge in [0.05, 0.1) is 17.8 Å². The van der Waals surface area contributed by atoms with E-state index in [2.05, 4.69) is 15.3 Å². The molecule has 112 valence electrons. The number of nitrogens with two attached hydrogens (primary N) is 1. The molecule has 3 N–H and O–H groups in total. The van der Waals surface area contributed by atoms with Gasteiger partial charge in [-0.2, -0.15) is 0 Å². The molecular weight excluding hydrogens is 288 g/mol. The lowest BCUT2D eigenvalue weighted by Crippen LogP contribution is -2.08. The number of rotatable bonds is 4. The predicted molar refractivity (Wildman–Crippen MR) is 86.6 cm³/mol. The topological polar surface area (TPSA) is 73.1 Å². The Hall–Kier alpha value is -2.01. The van der Waals surface area contributed by atoms with Crippen molar-refractivity contribution in [3.8, 4) is 5.75 Å². The second-order valence-electron chi connectivity index (χ2n) is 5.07. The summed E-state index contributed by atoms with van der Waals surface area (Å²) < 4.78 is 5.21. The van der Waals surface area contributed by atoms with E-state index < -0.39 is 0 Å². The van der Waals surface area contributed by atoms with E-state index in [0.29, 0.717) is 33.9 Å². The van der Waals surface area contributed by atoms with Crippen LogP contribution in [0.4, 0.5) is 17.3 Å². The Balaban J connectivity index is 2.43. The van der Waals surface area contributed by atoms with E-state index in [9.17, 15) is 0 Å². The van der Waals surface area contributed by atoms with Crippen molar-refractivity contribution in [1.29, 1.82) is 0 Å².